The predicted molar refractivity (Wildman–Crippen MR) is 110 cm³/mol. The molecule has 0 aromatic carbocycles. The summed E-state index contributed by atoms with van der Waals surface area (Å²) in [6, 6.07) is 3.77. The summed E-state index contributed by atoms with van der Waals surface area (Å²) in [5.74, 6) is 0. The summed E-state index contributed by atoms with van der Waals surface area (Å²) >= 11 is 7.06. The van der Waals surface area contributed by atoms with Crippen LogP contribution >= 0.6 is 47.0 Å². The van der Waals surface area contributed by atoms with Crippen LogP contribution in [0.5, 0.6) is 0 Å². The molecule has 2 aromatic rings. The van der Waals surface area contributed by atoms with Crippen LogP contribution in [0.4, 0.5) is 0 Å². The Hall–Kier alpha value is -0.340. The van der Waals surface area contributed by atoms with Crippen molar-refractivity contribution in [2.24, 2.45) is 0 Å². The molecule has 13 nitrogen and oxygen atoms in total. The number of aliphatic hydroxyl groups is 1. The van der Waals surface area contributed by atoms with Crippen molar-refractivity contribution >= 4 is 57.1 Å². The lowest BCUT2D eigenvalue weighted by Crippen LogP contribution is -2.26. The van der Waals surface area contributed by atoms with E-state index in [0.717, 1.165) is 15.0 Å². The maximum absolute atomic E-state index is 11.8. The summed E-state index contributed by atoms with van der Waals surface area (Å²) < 4.78 is 54.3. The Balaban J connectivity index is 1.66. The van der Waals surface area contributed by atoms with Gasteiger partial charge in [-0.2, -0.15) is 8.62 Å². The van der Waals surface area contributed by atoms with Gasteiger partial charge in [0.15, 0.2) is 0 Å². The highest BCUT2D eigenvalue weighted by Gasteiger charge is 2.42. The molecule has 18 heteroatoms. The van der Waals surface area contributed by atoms with Crippen molar-refractivity contribution in [2.75, 3.05) is 6.61 Å². The normalized spacial score (nSPS) is 26.1. The molecule has 1 aliphatic rings. The molecule has 2 aromatic heterocycles. The minimum absolute atomic E-state index is 0.0767. The van der Waals surface area contributed by atoms with E-state index in [4.69, 9.17) is 31.6 Å². The van der Waals surface area contributed by atoms with Gasteiger partial charge in [0.25, 0.3) is 0 Å². The van der Waals surface area contributed by atoms with Gasteiger partial charge in [-0.15, -0.1) is 11.3 Å². The molecule has 0 bridgehead atoms. The Morgan fingerprint density at radius 2 is 1.90 bits per heavy atom. The van der Waals surface area contributed by atoms with Gasteiger partial charge in [0.2, 0.25) is 0 Å². The lowest BCUT2D eigenvalue weighted by atomic mass is 10.2. The van der Waals surface area contributed by atoms with Crippen LogP contribution in [-0.2, 0) is 31.6 Å². The molecule has 0 amide bonds. The van der Waals surface area contributed by atoms with E-state index < -0.39 is 48.5 Å². The highest BCUT2D eigenvalue weighted by molar-refractivity contribution is 7.71. The Morgan fingerprint density at radius 1 is 1.23 bits per heavy atom. The first kappa shape index (κ1) is 25.3. The molecule has 1 fully saturated rings. The number of fused-ring (bicyclic) bond motifs is 1. The SMILES string of the molecule is Cc1cc2c(=S)n([C@H]3C[C@H](O)[C@@H](COP(=O)(O)OP(=O)(O)OP(=O)(O)O)O3)ccc2s1. The average Bonchev–Trinajstić information content (AvgIpc) is 3.12. The largest absolute Gasteiger partial charge is 0.490 e. The molecule has 0 aliphatic carbocycles. The van der Waals surface area contributed by atoms with Crippen LogP contribution in [0, 0.1) is 11.6 Å². The maximum Gasteiger partial charge on any atom is 0.490 e. The number of ether oxygens (including phenoxy) is 1. The van der Waals surface area contributed by atoms with E-state index in [9.17, 15) is 23.7 Å². The summed E-state index contributed by atoms with van der Waals surface area (Å²) in [7, 11) is -16.4. The maximum atomic E-state index is 11.8. The third kappa shape index (κ3) is 6.59. The highest BCUT2D eigenvalue weighted by atomic mass is 32.1. The fourth-order valence-corrected chi connectivity index (χ4v) is 7.27. The van der Waals surface area contributed by atoms with E-state index in [0.29, 0.717) is 4.64 Å². The fraction of sp³-hybridized carbons (Fsp3) is 0.462. The molecule has 5 N–H and O–H groups in total. The summed E-state index contributed by atoms with van der Waals surface area (Å²) in [5.41, 5.74) is 0. The number of hydrogen-bond acceptors (Lipinski definition) is 10. The number of nitrogens with zero attached hydrogens (tertiary/aromatic N) is 1. The molecule has 1 aliphatic heterocycles. The molecule has 31 heavy (non-hydrogen) atoms. The summed E-state index contributed by atoms with van der Waals surface area (Å²) in [6.45, 7) is 1.20. The minimum atomic E-state index is -5.62. The standard InChI is InChI=1S/C13H18NO12P3S2/c1-7-4-8-11(31-7)2-3-14(13(8)30)12-5-9(15)10(24-12)6-23-28(19,20)26-29(21,22)25-27(16,17)18/h2-4,9-10,12,15H,5-6H2,1H3,(H,19,20)(H,21,22)(H2,16,17,18)/t9-,10+,12+/m0/s1. The van der Waals surface area contributed by atoms with Crippen molar-refractivity contribution in [3.8, 4) is 0 Å². The Morgan fingerprint density at radius 3 is 2.55 bits per heavy atom. The second-order valence-corrected chi connectivity index (χ2v) is 12.6. The van der Waals surface area contributed by atoms with Gasteiger partial charge in [-0.25, -0.2) is 13.7 Å². The quantitative estimate of drug-likeness (QED) is 0.244. The van der Waals surface area contributed by atoms with E-state index >= 15 is 0 Å². The lowest BCUT2D eigenvalue weighted by Gasteiger charge is -2.19. The molecule has 0 radical (unpaired) electrons. The number of aromatic nitrogens is 1. The highest BCUT2D eigenvalue weighted by Crippen LogP contribution is 2.66. The molecule has 0 spiro atoms. The number of hydrogen-bond donors (Lipinski definition) is 5. The van der Waals surface area contributed by atoms with Gasteiger partial charge in [0, 0.05) is 27.6 Å². The number of phosphoric ester groups is 1. The minimum Gasteiger partial charge on any atom is -0.390 e. The van der Waals surface area contributed by atoms with Gasteiger partial charge in [-0.1, -0.05) is 12.2 Å². The molecule has 0 saturated carbocycles. The number of thiophene rings is 1. The van der Waals surface area contributed by atoms with Gasteiger partial charge >= 0.3 is 23.5 Å². The van der Waals surface area contributed by atoms with E-state index in [1.54, 1.807) is 22.1 Å². The van der Waals surface area contributed by atoms with Crippen LogP contribution in [0.25, 0.3) is 10.1 Å². The Bertz CT molecular complexity index is 1170. The monoisotopic (exact) mass is 537 g/mol. The van der Waals surface area contributed by atoms with Crippen molar-refractivity contribution in [1.82, 2.24) is 4.57 Å². The molecular formula is C13H18NO12P3S2. The summed E-state index contributed by atoms with van der Waals surface area (Å²) in [4.78, 5) is 36.8. The fourth-order valence-electron chi connectivity index (χ4n) is 2.91. The van der Waals surface area contributed by atoms with Gasteiger partial charge in [-0.05, 0) is 19.1 Å². The first-order chi connectivity index (χ1) is 14.2. The molecule has 3 heterocycles. The van der Waals surface area contributed by atoms with E-state index in [1.807, 2.05) is 19.1 Å². The zero-order chi connectivity index (χ0) is 23.2. The first-order valence-corrected chi connectivity index (χ1v) is 14.1. The summed E-state index contributed by atoms with van der Waals surface area (Å²) in [6.07, 6.45) is -1.20. The van der Waals surface area contributed by atoms with Crippen molar-refractivity contribution in [3.05, 3.63) is 27.8 Å². The van der Waals surface area contributed by atoms with Gasteiger partial charge < -0.3 is 34.0 Å². The number of aryl methyl sites for hydroxylation is 1. The molecule has 3 rings (SSSR count). The van der Waals surface area contributed by atoms with Crippen LogP contribution in [0.2, 0.25) is 0 Å². The topological polar surface area (TPSA) is 194 Å². The smallest absolute Gasteiger partial charge is 0.390 e. The number of rotatable bonds is 8. The van der Waals surface area contributed by atoms with Crippen molar-refractivity contribution in [1.29, 1.82) is 0 Å². The number of pyridine rings is 1. The third-order valence-corrected chi connectivity index (χ3v) is 9.32. The van der Waals surface area contributed by atoms with E-state index in [2.05, 4.69) is 13.1 Å². The van der Waals surface area contributed by atoms with Crippen molar-refractivity contribution < 1.29 is 56.3 Å². The predicted octanol–water partition coefficient (Wildman–Crippen LogP) is 2.73. The molecular weight excluding hydrogens is 519 g/mol. The third-order valence-electron chi connectivity index (χ3n) is 4.07. The molecule has 174 valence electrons. The van der Waals surface area contributed by atoms with Crippen molar-refractivity contribution in [2.45, 2.75) is 31.8 Å². The van der Waals surface area contributed by atoms with Crippen LogP contribution in [-0.4, -0.2) is 48.1 Å². The molecule has 2 unspecified atom stereocenters. The van der Waals surface area contributed by atoms with Gasteiger partial charge in [0.05, 0.1) is 12.7 Å². The molecule has 1 saturated heterocycles. The second kappa shape index (κ2) is 9.13. The second-order valence-electron chi connectivity index (χ2n) is 6.48. The number of aliphatic hydroxyl groups excluding tert-OH is 1. The van der Waals surface area contributed by atoms with Crippen molar-refractivity contribution in [3.63, 3.8) is 0 Å². The average molecular weight is 537 g/mol. The van der Waals surface area contributed by atoms with Crippen LogP contribution in [0.3, 0.4) is 0 Å². The lowest BCUT2D eigenvalue weighted by molar-refractivity contribution is -0.0438. The first-order valence-electron chi connectivity index (χ1n) is 8.39. The summed E-state index contributed by atoms with van der Waals surface area (Å²) in [5, 5.41) is 11.1. The van der Waals surface area contributed by atoms with Crippen LogP contribution < -0.4 is 0 Å². The van der Waals surface area contributed by atoms with E-state index in [1.165, 1.54) is 0 Å². The van der Waals surface area contributed by atoms with Gasteiger partial charge in [0.1, 0.15) is 17.0 Å². The number of phosphoric acid groups is 3. The van der Waals surface area contributed by atoms with Crippen LogP contribution in [0.1, 0.15) is 17.5 Å². The Labute approximate surface area is 184 Å². The van der Waals surface area contributed by atoms with Crippen LogP contribution in [0.15, 0.2) is 18.3 Å². The molecule has 5 atom stereocenters. The van der Waals surface area contributed by atoms with E-state index in [-0.39, 0.29) is 6.42 Å². The zero-order valence-corrected chi connectivity index (χ0v) is 19.9. The Kier molecular flexibility index (Phi) is 7.45. The zero-order valence-electron chi connectivity index (χ0n) is 15.6. The van der Waals surface area contributed by atoms with Gasteiger partial charge in [-0.3, -0.25) is 4.52 Å².